The first kappa shape index (κ1) is 21.5. The van der Waals surface area contributed by atoms with Gasteiger partial charge < -0.3 is 14.5 Å². The molecule has 1 amide bonds. The number of imidazole rings is 1. The lowest BCUT2D eigenvalue weighted by atomic mass is 10.2. The molecule has 0 aliphatic rings. The van der Waals surface area contributed by atoms with E-state index in [2.05, 4.69) is 20.5 Å². The van der Waals surface area contributed by atoms with Crippen LogP contribution in [0, 0.1) is 0 Å². The van der Waals surface area contributed by atoms with E-state index in [4.69, 9.17) is 9.47 Å². The first-order valence-corrected chi connectivity index (χ1v) is 10.9. The van der Waals surface area contributed by atoms with Gasteiger partial charge in [0.1, 0.15) is 6.61 Å². The van der Waals surface area contributed by atoms with Crippen LogP contribution in [0.5, 0.6) is 11.5 Å². The second kappa shape index (κ2) is 10.5. The van der Waals surface area contributed by atoms with Crippen LogP contribution in [-0.4, -0.2) is 35.0 Å². The summed E-state index contributed by atoms with van der Waals surface area (Å²) in [7, 11) is 1.60. The van der Waals surface area contributed by atoms with E-state index in [0.717, 1.165) is 22.2 Å². The number of hydrogen-bond acceptors (Lipinski definition) is 6. The predicted molar refractivity (Wildman–Crippen MR) is 126 cm³/mol. The van der Waals surface area contributed by atoms with Gasteiger partial charge in [-0.3, -0.25) is 4.79 Å². The Morgan fingerprint density at radius 1 is 1.09 bits per heavy atom. The third-order valence-electron chi connectivity index (χ3n) is 4.54. The van der Waals surface area contributed by atoms with Crippen molar-refractivity contribution in [2.24, 2.45) is 5.10 Å². The van der Waals surface area contributed by atoms with Gasteiger partial charge in [-0.05, 0) is 41.5 Å². The maximum atomic E-state index is 12.1. The summed E-state index contributed by atoms with van der Waals surface area (Å²) in [6, 6.07) is 23.1. The van der Waals surface area contributed by atoms with E-state index >= 15 is 0 Å². The van der Waals surface area contributed by atoms with E-state index in [1.165, 1.54) is 11.8 Å². The van der Waals surface area contributed by atoms with Crippen molar-refractivity contribution in [2.75, 3.05) is 12.9 Å². The summed E-state index contributed by atoms with van der Waals surface area (Å²) in [4.78, 5) is 19.7. The van der Waals surface area contributed by atoms with Gasteiger partial charge in [-0.25, -0.2) is 10.4 Å². The smallest absolute Gasteiger partial charge is 0.250 e. The van der Waals surface area contributed by atoms with Crippen molar-refractivity contribution in [3.8, 4) is 11.5 Å². The Morgan fingerprint density at radius 3 is 2.72 bits per heavy atom. The van der Waals surface area contributed by atoms with E-state index in [1.54, 1.807) is 19.4 Å². The Labute approximate surface area is 189 Å². The molecule has 0 saturated heterocycles. The van der Waals surface area contributed by atoms with Crippen molar-refractivity contribution < 1.29 is 14.3 Å². The van der Waals surface area contributed by atoms with Crippen molar-refractivity contribution in [3.63, 3.8) is 0 Å². The fraction of sp³-hybridized carbons (Fsp3) is 0.125. The summed E-state index contributed by atoms with van der Waals surface area (Å²) >= 11 is 1.32. The highest BCUT2D eigenvalue weighted by atomic mass is 32.2. The van der Waals surface area contributed by atoms with Gasteiger partial charge in [0, 0.05) is 0 Å². The van der Waals surface area contributed by atoms with E-state index in [1.807, 2.05) is 66.7 Å². The molecule has 0 spiro atoms. The van der Waals surface area contributed by atoms with E-state index in [9.17, 15) is 4.79 Å². The fourth-order valence-electron chi connectivity index (χ4n) is 2.96. The Morgan fingerprint density at radius 2 is 1.91 bits per heavy atom. The van der Waals surface area contributed by atoms with Crippen LogP contribution in [0.25, 0.3) is 11.0 Å². The summed E-state index contributed by atoms with van der Waals surface area (Å²) < 4.78 is 11.3. The number of nitrogens with zero attached hydrogens (tertiary/aromatic N) is 2. The summed E-state index contributed by atoms with van der Waals surface area (Å²) in [6.45, 7) is 0.424. The normalized spacial score (nSPS) is 11.0. The number of rotatable bonds is 9. The van der Waals surface area contributed by atoms with Crippen LogP contribution in [0.2, 0.25) is 0 Å². The first-order chi connectivity index (χ1) is 15.7. The van der Waals surface area contributed by atoms with Gasteiger partial charge in [0.2, 0.25) is 0 Å². The summed E-state index contributed by atoms with van der Waals surface area (Å²) in [5.41, 5.74) is 6.19. The average Bonchev–Trinajstić information content (AvgIpc) is 3.25. The van der Waals surface area contributed by atoms with Crippen LogP contribution in [-0.2, 0) is 11.4 Å². The number of hydrogen-bond donors (Lipinski definition) is 2. The molecule has 7 nitrogen and oxygen atoms in total. The summed E-state index contributed by atoms with van der Waals surface area (Å²) in [5, 5.41) is 4.74. The van der Waals surface area contributed by atoms with Gasteiger partial charge in [-0.15, -0.1) is 0 Å². The number of methoxy groups -OCH3 is 1. The molecule has 0 atom stereocenters. The highest BCUT2D eigenvalue weighted by Crippen LogP contribution is 2.28. The number of aromatic nitrogens is 2. The molecule has 0 radical (unpaired) electrons. The SMILES string of the molecule is COc1ccc(/C=N\NC(=O)CSc2nc3ccccc3[nH]2)cc1OCc1ccccc1. The molecule has 4 aromatic rings. The highest BCUT2D eigenvalue weighted by molar-refractivity contribution is 7.99. The van der Waals surface area contributed by atoms with Crippen LogP contribution in [0.4, 0.5) is 0 Å². The molecule has 0 saturated carbocycles. The zero-order valence-electron chi connectivity index (χ0n) is 17.4. The number of carbonyl (C=O) groups excluding carboxylic acids is 1. The quantitative estimate of drug-likeness (QED) is 0.226. The molecule has 4 rings (SSSR count). The summed E-state index contributed by atoms with van der Waals surface area (Å²) in [6.07, 6.45) is 1.57. The minimum atomic E-state index is -0.222. The summed E-state index contributed by atoms with van der Waals surface area (Å²) in [5.74, 6) is 1.21. The number of amides is 1. The number of aromatic amines is 1. The molecule has 0 fully saturated rings. The van der Waals surface area contributed by atoms with Crippen molar-refractivity contribution >= 4 is 34.9 Å². The lowest BCUT2D eigenvalue weighted by Crippen LogP contribution is -2.19. The minimum Gasteiger partial charge on any atom is -0.493 e. The minimum absolute atomic E-state index is 0.200. The average molecular weight is 447 g/mol. The van der Waals surface area contributed by atoms with Gasteiger partial charge in [-0.2, -0.15) is 5.10 Å². The maximum absolute atomic E-state index is 12.1. The molecule has 162 valence electrons. The second-order valence-corrected chi connectivity index (χ2v) is 7.79. The predicted octanol–water partition coefficient (Wildman–Crippen LogP) is 4.39. The van der Waals surface area contributed by atoms with E-state index < -0.39 is 0 Å². The lowest BCUT2D eigenvalue weighted by molar-refractivity contribution is -0.118. The van der Waals surface area contributed by atoms with E-state index in [0.29, 0.717) is 23.3 Å². The third kappa shape index (κ3) is 5.67. The van der Waals surface area contributed by atoms with Gasteiger partial charge in [-0.1, -0.05) is 54.2 Å². The van der Waals surface area contributed by atoms with E-state index in [-0.39, 0.29) is 11.7 Å². The molecule has 1 heterocycles. The van der Waals surface area contributed by atoms with Gasteiger partial charge in [0.05, 0.1) is 30.1 Å². The highest BCUT2D eigenvalue weighted by Gasteiger charge is 2.08. The van der Waals surface area contributed by atoms with Crippen molar-refractivity contribution in [3.05, 3.63) is 83.9 Å². The Balaban J connectivity index is 1.31. The molecule has 2 N–H and O–H groups in total. The molecule has 1 aromatic heterocycles. The topological polar surface area (TPSA) is 88.6 Å². The number of ether oxygens (including phenoxy) is 2. The molecule has 32 heavy (non-hydrogen) atoms. The van der Waals surface area contributed by atoms with Crippen molar-refractivity contribution in [1.29, 1.82) is 0 Å². The zero-order chi connectivity index (χ0) is 22.2. The number of carbonyl (C=O) groups is 1. The molecule has 0 aliphatic heterocycles. The third-order valence-corrected chi connectivity index (χ3v) is 5.41. The molecular weight excluding hydrogens is 424 g/mol. The fourth-order valence-corrected chi connectivity index (χ4v) is 3.64. The molecule has 3 aromatic carbocycles. The standard InChI is InChI=1S/C24H22N4O3S/c1-30-21-12-11-18(13-22(21)31-15-17-7-3-2-4-8-17)14-25-28-23(29)16-32-24-26-19-9-5-6-10-20(19)27-24/h2-14H,15-16H2,1H3,(H,26,27)(H,28,29)/b25-14-. The number of hydrazone groups is 1. The molecule has 0 bridgehead atoms. The van der Waals surface area contributed by atoms with Crippen molar-refractivity contribution in [2.45, 2.75) is 11.8 Å². The maximum Gasteiger partial charge on any atom is 0.250 e. The lowest BCUT2D eigenvalue weighted by Gasteiger charge is -2.11. The number of para-hydroxylation sites is 2. The van der Waals surface area contributed by atoms with Crippen LogP contribution in [0.15, 0.2) is 83.1 Å². The van der Waals surface area contributed by atoms with Crippen LogP contribution in [0.1, 0.15) is 11.1 Å². The van der Waals surface area contributed by atoms with Crippen molar-refractivity contribution in [1.82, 2.24) is 15.4 Å². The number of thioether (sulfide) groups is 1. The number of nitrogens with one attached hydrogen (secondary N) is 2. The molecule has 0 unspecified atom stereocenters. The molecular formula is C24H22N4O3S. The monoisotopic (exact) mass is 446 g/mol. The van der Waals surface area contributed by atoms with Crippen LogP contribution < -0.4 is 14.9 Å². The molecule has 8 heteroatoms. The Hall–Kier alpha value is -3.78. The second-order valence-electron chi connectivity index (χ2n) is 6.83. The first-order valence-electron chi connectivity index (χ1n) is 9.95. The van der Waals surface area contributed by atoms with Gasteiger partial charge in [0.15, 0.2) is 16.7 Å². The number of H-pyrrole nitrogens is 1. The van der Waals surface area contributed by atoms with Gasteiger partial charge >= 0.3 is 0 Å². The Bertz CT molecular complexity index is 1190. The number of benzene rings is 3. The van der Waals surface area contributed by atoms with Gasteiger partial charge in [0.25, 0.3) is 5.91 Å². The van der Waals surface area contributed by atoms with Crippen LogP contribution >= 0.6 is 11.8 Å². The zero-order valence-corrected chi connectivity index (χ0v) is 18.3. The number of fused-ring (bicyclic) bond motifs is 1. The molecule has 0 aliphatic carbocycles. The van der Waals surface area contributed by atoms with Crippen LogP contribution in [0.3, 0.4) is 0 Å². The Kier molecular flexibility index (Phi) is 7.04. The largest absolute Gasteiger partial charge is 0.493 e.